The highest BCUT2D eigenvalue weighted by Gasteiger charge is 2.42. The van der Waals surface area contributed by atoms with Crippen LogP contribution in [0.3, 0.4) is 0 Å². The molecule has 0 aromatic rings. The molecule has 1 unspecified atom stereocenters. The number of amides is 1. The molecular weight excluding hydrogens is 281 g/mol. The van der Waals surface area contributed by atoms with Crippen LogP contribution < -0.4 is 10.5 Å². The van der Waals surface area contributed by atoms with Crippen molar-refractivity contribution in [3.05, 3.63) is 0 Å². The molecule has 19 heavy (non-hydrogen) atoms. The lowest BCUT2D eigenvalue weighted by atomic mass is 10.1. The van der Waals surface area contributed by atoms with E-state index in [1.54, 1.807) is 11.6 Å². The molecule has 4 N–H and O–H groups in total. The summed E-state index contributed by atoms with van der Waals surface area (Å²) < 4.78 is 48.5. The lowest BCUT2D eigenvalue weighted by molar-refractivity contribution is -0.171. The summed E-state index contributed by atoms with van der Waals surface area (Å²) in [5.74, 6) is -1.97. The van der Waals surface area contributed by atoms with Crippen molar-refractivity contribution >= 4 is 16.4 Å². The van der Waals surface area contributed by atoms with Crippen molar-refractivity contribution in [2.45, 2.75) is 39.3 Å². The minimum Gasteiger partial charge on any atom is -0.333 e. The van der Waals surface area contributed by atoms with Crippen molar-refractivity contribution in [3.8, 4) is 0 Å². The minimum absolute atomic E-state index is 0.0755. The van der Waals surface area contributed by atoms with Crippen molar-refractivity contribution in [1.29, 1.82) is 0 Å². The Labute approximate surface area is 113 Å². The number of alkyl halides is 3. The van der Waals surface area contributed by atoms with Gasteiger partial charge in [0.25, 0.3) is 0 Å². The second-order valence-corrected chi connectivity index (χ2v) is 7.27. The average molecular weight is 304 g/mol. The summed E-state index contributed by atoms with van der Waals surface area (Å²) in [4.78, 5) is 10.9. The van der Waals surface area contributed by atoms with Crippen LogP contribution in [0.4, 0.5) is 13.2 Å². The van der Waals surface area contributed by atoms with Crippen molar-refractivity contribution < 1.29 is 22.5 Å². The van der Waals surface area contributed by atoms with E-state index >= 15 is 0 Å². The van der Waals surface area contributed by atoms with Gasteiger partial charge in [-0.1, -0.05) is 37.2 Å². The molecule has 4 nitrogen and oxygen atoms in total. The molecule has 2 atom stereocenters. The maximum absolute atomic E-state index is 12.2. The first-order valence-corrected chi connectivity index (χ1v) is 8.21. The third-order valence-electron chi connectivity index (χ3n) is 2.83. The number of hydrogen-bond acceptors (Lipinski definition) is 3. The Morgan fingerprint density at radius 2 is 2.00 bits per heavy atom. The van der Waals surface area contributed by atoms with Gasteiger partial charge in [-0.05, 0) is 18.9 Å². The number of nitrogens with one attached hydrogen (secondary N) is 1. The van der Waals surface area contributed by atoms with E-state index in [2.05, 4.69) is 0 Å². The fourth-order valence-electron chi connectivity index (χ4n) is 1.61. The minimum atomic E-state index is -4.97. The first kappa shape index (κ1) is 18.5. The van der Waals surface area contributed by atoms with E-state index < -0.39 is 22.6 Å². The fourth-order valence-corrected chi connectivity index (χ4v) is 3.62. The largest absolute Gasteiger partial charge is 0.472 e. The summed E-state index contributed by atoms with van der Waals surface area (Å²) in [6.07, 6.45) is -2.39. The summed E-state index contributed by atoms with van der Waals surface area (Å²) in [5, 5.41) is 0. The zero-order valence-electron chi connectivity index (χ0n) is 11.3. The van der Waals surface area contributed by atoms with Gasteiger partial charge in [0, 0.05) is 11.5 Å². The van der Waals surface area contributed by atoms with E-state index in [1.165, 1.54) is 0 Å². The van der Waals surface area contributed by atoms with Crippen LogP contribution in [0.5, 0.6) is 0 Å². The summed E-state index contributed by atoms with van der Waals surface area (Å²) in [6, 6.07) is 0. The highest BCUT2D eigenvalue weighted by molar-refractivity contribution is 8.27. The van der Waals surface area contributed by atoms with Crippen LogP contribution in [0.25, 0.3) is 0 Å². The topological polar surface area (TPSA) is 75.3 Å². The Balaban J connectivity index is 4.62. The van der Waals surface area contributed by atoms with E-state index in [0.29, 0.717) is 0 Å². The zero-order valence-corrected chi connectivity index (χ0v) is 12.1. The third kappa shape index (κ3) is 7.03. The molecule has 0 heterocycles. The first-order valence-electron chi connectivity index (χ1n) is 6.28. The highest BCUT2D eigenvalue weighted by Crippen LogP contribution is 2.42. The predicted octanol–water partition coefficient (Wildman–Crippen LogP) is 2.64. The summed E-state index contributed by atoms with van der Waals surface area (Å²) in [7, 11) is -2.80. The number of carbonyl (C=O) groups excluding carboxylic acids is 1. The number of nitrogens with two attached hydrogens (primary N) is 1. The molecule has 0 bridgehead atoms. The van der Waals surface area contributed by atoms with Crippen molar-refractivity contribution in [2.24, 2.45) is 11.7 Å². The molecule has 0 aromatic carbocycles. The van der Waals surface area contributed by atoms with Crippen molar-refractivity contribution in [2.75, 3.05) is 18.1 Å². The van der Waals surface area contributed by atoms with Gasteiger partial charge in [-0.15, -0.1) is 0 Å². The Morgan fingerprint density at radius 1 is 1.42 bits per heavy atom. The van der Waals surface area contributed by atoms with Crippen LogP contribution in [0.1, 0.15) is 33.1 Å². The SMILES string of the molecule is CCCC[C@@H](CN)CS(O)(CC)NC(=O)C(F)(F)F. The molecule has 0 spiro atoms. The molecule has 0 aliphatic carbocycles. The third-order valence-corrected chi connectivity index (χ3v) is 5.37. The normalized spacial score (nSPS) is 18.5. The predicted molar refractivity (Wildman–Crippen MR) is 71.9 cm³/mol. The van der Waals surface area contributed by atoms with Crippen molar-refractivity contribution in [3.63, 3.8) is 0 Å². The summed E-state index contributed by atoms with van der Waals surface area (Å²) in [5.41, 5.74) is 5.56. The van der Waals surface area contributed by atoms with E-state index in [4.69, 9.17) is 5.73 Å². The number of rotatable bonds is 8. The molecule has 1 amide bonds. The second-order valence-electron chi connectivity index (χ2n) is 4.47. The number of halogens is 3. The second kappa shape index (κ2) is 7.96. The van der Waals surface area contributed by atoms with Gasteiger partial charge in [0.2, 0.25) is 0 Å². The zero-order chi connectivity index (χ0) is 15.1. The van der Waals surface area contributed by atoms with Gasteiger partial charge in [0.15, 0.2) is 0 Å². The quantitative estimate of drug-likeness (QED) is 0.645. The summed E-state index contributed by atoms with van der Waals surface area (Å²) in [6.45, 7) is 3.84. The first-order chi connectivity index (χ1) is 8.68. The standard InChI is InChI=1S/C11H23F3N2O2S/c1-3-5-6-9(7-15)8-19(18,4-2)16-10(17)11(12,13)14/h9,18H,3-8,15H2,1-2H3,(H,16,17)/t9-/m0/s1. The lowest BCUT2D eigenvalue weighted by Crippen LogP contribution is -2.41. The van der Waals surface area contributed by atoms with Crippen LogP contribution in [0, 0.1) is 5.92 Å². The lowest BCUT2D eigenvalue weighted by Gasteiger charge is -2.36. The van der Waals surface area contributed by atoms with Gasteiger partial charge in [-0.3, -0.25) is 9.52 Å². The van der Waals surface area contributed by atoms with Crippen LogP contribution in [0.2, 0.25) is 0 Å². The molecule has 116 valence electrons. The van der Waals surface area contributed by atoms with Crippen LogP contribution in [-0.2, 0) is 4.79 Å². The molecule has 0 aromatic heterocycles. The van der Waals surface area contributed by atoms with Gasteiger partial charge in [0.05, 0.1) is 0 Å². The van der Waals surface area contributed by atoms with Gasteiger partial charge in [-0.25, -0.2) is 0 Å². The maximum Gasteiger partial charge on any atom is 0.472 e. The van der Waals surface area contributed by atoms with Gasteiger partial charge < -0.3 is 10.3 Å². The Morgan fingerprint density at radius 3 is 2.37 bits per heavy atom. The van der Waals surface area contributed by atoms with E-state index in [1.807, 2.05) is 6.92 Å². The van der Waals surface area contributed by atoms with Gasteiger partial charge >= 0.3 is 12.1 Å². The van der Waals surface area contributed by atoms with E-state index in [0.717, 1.165) is 19.3 Å². The number of hydrogen-bond donors (Lipinski definition) is 3. The molecule has 8 heteroatoms. The maximum atomic E-state index is 12.2. The smallest absolute Gasteiger partial charge is 0.333 e. The number of carbonyl (C=O) groups is 1. The molecule has 0 aliphatic rings. The van der Waals surface area contributed by atoms with Crippen molar-refractivity contribution in [1.82, 2.24) is 4.72 Å². The van der Waals surface area contributed by atoms with E-state index in [9.17, 15) is 22.5 Å². The van der Waals surface area contributed by atoms with Gasteiger partial charge in [0.1, 0.15) is 0 Å². The molecule has 0 aliphatic heterocycles. The van der Waals surface area contributed by atoms with Crippen LogP contribution >= 0.6 is 10.5 Å². The van der Waals surface area contributed by atoms with E-state index in [-0.39, 0.29) is 24.0 Å². The molecule has 0 fully saturated rings. The van der Waals surface area contributed by atoms with Crippen LogP contribution in [-0.4, -0.2) is 34.7 Å². The van der Waals surface area contributed by atoms with Gasteiger partial charge in [-0.2, -0.15) is 13.2 Å². The molecule has 0 saturated carbocycles. The summed E-state index contributed by atoms with van der Waals surface area (Å²) >= 11 is 0. The highest BCUT2D eigenvalue weighted by atomic mass is 32.3. The monoisotopic (exact) mass is 304 g/mol. The Hall–Kier alpha value is -0.470. The molecule has 0 rings (SSSR count). The fraction of sp³-hybridized carbons (Fsp3) is 0.909. The molecular formula is C11H23F3N2O2S. The molecule has 0 radical (unpaired) electrons. The molecule has 0 saturated heterocycles. The average Bonchev–Trinajstić information content (AvgIpc) is 2.33. The Bertz CT molecular complexity index is 290. The van der Waals surface area contributed by atoms with Crippen LogP contribution in [0.15, 0.2) is 0 Å². The number of unbranched alkanes of at least 4 members (excludes halogenated alkanes) is 1. The Kier molecular flexibility index (Phi) is 7.76.